The van der Waals surface area contributed by atoms with Crippen LogP contribution in [0.5, 0.6) is 0 Å². The molecule has 3 nitrogen and oxygen atoms in total. The first-order chi connectivity index (χ1) is 9.79. The van der Waals surface area contributed by atoms with E-state index in [0.717, 1.165) is 0 Å². The van der Waals surface area contributed by atoms with Gasteiger partial charge in [0.15, 0.2) is 9.84 Å². The van der Waals surface area contributed by atoms with Crippen molar-refractivity contribution in [2.45, 2.75) is 31.7 Å². The van der Waals surface area contributed by atoms with Crippen LogP contribution in [0, 0.1) is 13.8 Å². The van der Waals surface area contributed by atoms with Crippen molar-refractivity contribution in [3.63, 3.8) is 0 Å². The highest BCUT2D eigenvalue weighted by Crippen LogP contribution is 2.27. The standard InChI is InChI=1S/C17H21NO2S/c1-12-9-10-13(2)15(11-12)14(3)18-16-7-5-6-8-17(16)21(4,19)20/h5-11,14,18H,1-4H3. The molecule has 0 fully saturated rings. The number of para-hydroxylation sites is 1. The molecule has 0 aromatic heterocycles. The van der Waals surface area contributed by atoms with Crippen molar-refractivity contribution in [2.24, 2.45) is 0 Å². The first kappa shape index (κ1) is 15.6. The summed E-state index contributed by atoms with van der Waals surface area (Å²) in [6, 6.07) is 13.4. The molecule has 2 aromatic carbocycles. The third kappa shape index (κ3) is 3.64. The average Bonchev–Trinajstić information content (AvgIpc) is 2.41. The van der Waals surface area contributed by atoms with Gasteiger partial charge in [-0.1, -0.05) is 35.9 Å². The summed E-state index contributed by atoms with van der Waals surface area (Å²) in [6.07, 6.45) is 1.23. The lowest BCUT2D eigenvalue weighted by Crippen LogP contribution is -2.11. The molecule has 0 radical (unpaired) electrons. The summed E-state index contributed by atoms with van der Waals surface area (Å²) >= 11 is 0. The predicted octanol–water partition coefficient (Wildman–Crippen LogP) is 3.88. The molecule has 0 spiro atoms. The fourth-order valence-corrected chi connectivity index (χ4v) is 3.30. The van der Waals surface area contributed by atoms with Gasteiger partial charge in [-0.2, -0.15) is 0 Å². The number of hydrogen-bond acceptors (Lipinski definition) is 3. The number of aryl methyl sites for hydroxylation is 2. The maximum absolute atomic E-state index is 11.9. The molecular formula is C17H21NO2S. The Morgan fingerprint density at radius 1 is 1.05 bits per heavy atom. The van der Waals surface area contributed by atoms with Gasteiger partial charge in [0.05, 0.1) is 10.6 Å². The van der Waals surface area contributed by atoms with E-state index in [-0.39, 0.29) is 6.04 Å². The summed E-state index contributed by atoms with van der Waals surface area (Å²) in [5.74, 6) is 0. The van der Waals surface area contributed by atoms with E-state index < -0.39 is 9.84 Å². The highest BCUT2D eigenvalue weighted by molar-refractivity contribution is 7.90. The minimum atomic E-state index is -3.24. The minimum Gasteiger partial charge on any atom is -0.377 e. The van der Waals surface area contributed by atoms with E-state index >= 15 is 0 Å². The molecule has 1 atom stereocenters. The number of rotatable bonds is 4. The smallest absolute Gasteiger partial charge is 0.177 e. The molecule has 0 aliphatic carbocycles. The van der Waals surface area contributed by atoms with Crippen molar-refractivity contribution in [1.29, 1.82) is 0 Å². The number of hydrogen-bond donors (Lipinski definition) is 1. The van der Waals surface area contributed by atoms with Crippen LogP contribution < -0.4 is 5.32 Å². The summed E-state index contributed by atoms with van der Waals surface area (Å²) < 4.78 is 23.7. The zero-order chi connectivity index (χ0) is 15.6. The topological polar surface area (TPSA) is 46.2 Å². The van der Waals surface area contributed by atoms with E-state index in [1.807, 2.05) is 13.0 Å². The Kier molecular flexibility index (Phi) is 4.37. The van der Waals surface area contributed by atoms with Crippen LogP contribution in [0.2, 0.25) is 0 Å². The highest BCUT2D eigenvalue weighted by Gasteiger charge is 2.15. The molecule has 21 heavy (non-hydrogen) atoms. The Bertz CT molecular complexity index is 751. The Balaban J connectivity index is 2.37. The van der Waals surface area contributed by atoms with E-state index in [9.17, 15) is 8.42 Å². The Labute approximate surface area is 126 Å². The lowest BCUT2D eigenvalue weighted by atomic mass is 10.00. The molecular weight excluding hydrogens is 282 g/mol. The summed E-state index contributed by atoms with van der Waals surface area (Å²) in [6.45, 7) is 6.16. The molecule has 0 amide bonds. The van der Waals surface area contributed by atoms with Crippen LogP contribution in [0.15, 0.2) is 47.4 Å². The fraction of sp³-hybridized carbons (Fsp3) is 0.294. The quantitative estimate of drug-likeness (QED) is 0.932. The van der Waals surface area contributed by atoms with Crippen LogP contribution in [0.1, 0.15) is 29.7 Å². The minimum absolute atomic E-state index is 0.0350. The van der Waals surface area contributed by atoms with E-state index in [1.165, 1.54) is 22.9 Å². The van der Waals surface area contributed by atoms with Gasteiger partial charge in [-0.3, -0.25) is 0 Å². The monoisotopic (exact) mass is 303 g/mol. The Hall–Kier alpha value is -1.81. The summed E-state index contributed by atoms with van der Waals surface area (Å²) in [4.78, 5) is 0.335. The van der Waals surface area contributed by atoms with E-state index in [2.05, 4.69) is 37.4 Å². The number of sulfone groups is 1. The van der Waals surface area contributed by atoms with Crippen LogP contribution in [-0.4, -0.2) is 14.7 Å². The van der Waals surface area contributed by atoms with Gasteiger partial charge < -0.3 is 5.32 Å². The second kappa shape index (κ2) is 5.90. The van der Waals surface area contributed by atoms with Crippen LogP contribution in [-0.2, 0) is 9.84 Å². The zero-order valence-corrected chi connectivity index (χ0v) is 13.7. The van der Waals surface area contributed by atoms with Gasteiger partial charge in [0.2, 0.25) is 0 Å². The Morgan fingerprint density at radius 3 is 2.38 bits per heavy atom. The average molecular weight is 303 g/mol. The fourth-order valence-electron chi connectivity index (χ4n) is 2.45. The molecule has 1 N–H and O–H groups in total. The lowest BCUT2D eigenvalue weighted by molar-refractivity contribution is 0.602. The van der Waals surface area contributed by atoms with Gasteiger partial charge in [-0.15, -0.1) is 0 Å². The number of anilines is 1. The third-order valence-corrected chi connectivity index (χ3v) is 4.71. The maximum Gasteiger partial charge on any atom is 0.177 e. The second-order valence-corrected chi connectivity index (χ2v) is 7.48. The first-order valence-corrected chi connectivity index (χ1v) is 8.81. The predicted molar refractivity (Wildman–Crippen MR) is 87.5 cm³/mol. The Morgan fingerprint density at radius 2 is 1.71 bits per heavy atom. The second-order valence-electron chi connectivity index (χ2n) is 5.49. The van der Waals surface area contributed by atoms with Gasteiger partial charge in [-0.05, 0) is 44.0 Å². The summed E-state index contributed by atoms with van der Waals surface area (Å²) in [7, 11) is -3.24. The molecule has 0 aliphatic heterocycles. The van der Waals surface area contributed by atoms with Crippen molar-refractivity contribution in [2.75, 3.05) is 11.6 Å². The van der Waals surface area contributed by atoms with Crippen LogP contribution in [0.3, 0.4) is 0 Å². The van der Waals surface area contributed by atoms with Crippen molar-refractivity contribution in [3.8, 4) is 0 Å². The van der Waals surface area contributed by atoms with E-state index in [0.29, 0.717) is 10.6 Å². The van der Waals surface area contributed by atoms with Gasteiger partial charge in [0, 0.05) is 12.3 Å². The molecule has 0 aliphatic rings. The van der Waals surface area contributed by atoms with Crippen molar-refractivity contribution in [3.05, 3.63) is 59.2 Å². The van der Waals surface area contributed by atoms with Crippen molar-refractivity contribution < 1.29 is 8.42 Å². The van der Waals surface area contributed by atoms with E-state index in [4.69, 9.17) is 0 Å². The molecule has 2 aromatic rings. The van der Waals surface area contributed by atoms with Gasteiger partial charge in [0.1, 0.15) is 0 Å². The van der Waals surface area contributed by atoms with Crippen molar-refractivity contribution in [1.82, 2.24) is 0 Å². The van der Waals surface area contributed by atoms with Crippen molar-refractivity contribution >= 4 is 15.5 Å². The first-order valence-electron chi connectivity index (χ1n) is 6.92. The molecule has 0 heterocycles. The molecule has 2 rings (SSSR count). The van der Waals surface area contributed by atoms with Gasteiger partial charge >= 0.3 is 0 Å². The maximum atomic E-state index is 11.9. The van der Waals surface area contributed by atoms with E-state index in [1.54, 1.807) is 18.2 Å². The highest BCUT2D eigenvalue weighted by atomic mass is 32.2. The molecule has 4 heteroatoms. The summed E-state index contributed by atoms with van der Waals surface area (Å²) in [5, 5.41) is 3.32. The van der Waals surface area contributed by atoms with Gasteiger partial charge in [0.25, 0.3) is 0 Å². The molecule has 0 bridgehead atoms. The number of benzene rings is 2. The SMILES string of the molecule is Cc1ccc(C)c(C(C)Nc2ccccc2S(C)(=O)=O)c1. The molecule has 0 saturated carbocycles. The normalized spacial score (nSPS) is 13.0. The molecule has 1 unspecified atom stereocenters. The van der Waals surface area contributed by atoms with Crippen LogP contribution in [0.25, 0.3) is 0 Å². The zero-order valence-electron chi connectivity index (χ0n) is 12.8. The lowest BCUT2D eigenvalue weighted by Gasteiger charge is -2.20. The summed E-state index contributed by atoms with van der Waals surface area (Å²) in [5.41, 5.74) is 4.21. The largest absolute Gasteiger partial charge is 0.377 e. The van der Waals surface area contributed by atoms with Crippen LogP contribution in [0.4, 0.5) is 5.69 Å². The molecule has 0 saturated heterocycles. The molecule has 112 valence electrons. The van der Waals surface area contributed by atoms with Crippen LogP contribution >= 0.6 is 0 Å². The number of nitrogens with one attached hydrogen (secondary N) is 1. The van der Waals surface area contributed by atoms with Gasteiger partial charge in [-0.25, -0.2) is 8.42 Å². The third-order valence-electron chi connectivity index (χ3n) is 3.56.